The second-order valence-corrected chi connectivity index (χ2v) is 4.77. The molecule has 1 fully saturated rings. The van der Waals surface area contributed by atoms with Gasteiger partial charge in [-0.2, -0.15) is 0 Å². The quantitative estimate of drug-likeness (QED) is 0.803. The lowest BCUT2D eigenvalue weighted by molar-refractivity contribution is 0.0548. The van der Waals surface area contributed by atoms with Crippen molar-refractivity contribution in [3.8, 4) is 0 Å². The van der Waals surface area contributed by atoms with Crippen molar-refractivity contribution in [2.24, 2.45) is 0 Å². The Morgan fingerprint density at radius 3 is 2.83 bits per heavy atom. The van der Waals surface area contributed by atoms with Gasteiger partial charge in [-0.25, -0.2) is 0 Å². The molecule has 2 N–H and O–H groups in total. The normalized spacial score (nSPS) is 17.3. The van der Waals surface area contributed by atoms with Crippen LogP contribution in [-0.2, 0) is 0 Å². The van der Waals surface area contributed by atoms with Gasteiger partial charge in [-0.05, 0) is 25.0 Å². The number of fused-ring (bicyclic) bond motifs is 1. The Morgan fingerprint density at radius 1 is 1.28 bits per heavy atom. The number of para-hydroxylation sites is 1. The van der Waals surface area contributed by atoms with Crippen molar-refractivity contribution < 1.29 is 9.90 Å². The summed E-state index contributed by atoms with van der Waals surface area (Å²) in [7, 11) is 0. The fraction of sp³-hybridized carbons (Fsp3) is 0.357. The Kier molecular flexibility index (Phi) is 2.80. The second-order valence-electron chi connectivity index (χ2n) is 4.77. The van der Waals surface area contributed by atoms with Gasteiger partial charge in [0, 0.05) is 24.7 Å². The maximum Gasteiger partial charge on any atom is 0.255 e. The molecule has 2 aromatic rings. The van der Waals surface area contributed by atoms with Crippen molar-refractivity contribution in [2.75, 3.05) is 13.1 Å². The smallest absolute Gasteiger partial charge is 0.255 e. The Balaban J connectivity index is 1.90. The van der Waals surface area contributed by atoms with Gasteiger partial charge in [0.2, 0.25) is 0 Å². The molecule has 1 saturated heterocycles. The van der Waals surface area contributed by atoms with Crippen LogP contribution in [0, 0.1) is 0 Å². The zero-order valence-electron chi connectivity index (χ0n) is 10.1. The monoisotopic (exact) mass is 244 g/mol. The molecule has 0 bridgehead atoms. The van der Waals surface area contributed by atoms with Gasteiger partial charge in [0.1, 0.15) is 0 Å². The summed E-state index contributed by atoms with van der Waals surface area (Å²) in [5, 5.41) is 10.5. The molecule has 0 saturated carbocycles. The van der Waals surface area contributed by atoms with Crippen LogP contribution < -0.4 is 0 Å². The molecule has 1 aliphatic heterocycles. The van der Waals surface area contributed by atoms with Crippen LogP contribution in [0.1, 0.15) is 23.2 Å². The number of likely N-dealkylation sites (tertiary alicyclic amines) is 1. The van der Waals surface area contributed by atoms with Crippen molar-refractivity contribution in [3.63, 3.8) is 0 Å². The lowest BCUT2D eigenvalue weighted by Crippen LogP contribution is -2.40. The van der Waals surface area contributed by atoms with Crippen LogP contribution in [0.25, 0.3) is 10.9 Å². The molecule has 4 heteroatoms. The van der Waals surface area contributed by atoms with Crippen LogP contribution in [-0.4, -0.2) is 40.1 Å². The molecule has 3 rings (SSSR count). The maximum absolute atomic E-state index is 12.4. The molecule has 1 aromatic carbocycles. The van der Waals surface area contributed by atoms with Crippen LogP contribution in [0.2, 0.25) is 0 Å². The number of aliphatic hydroxyl groups excluding tert-OH is 1. The average Bonchev–Trinajstić information content (AvgIpc) is 2.87. The van der Waals surface area contributed by atoms with E-state index in [0.29, 0.717) is 31.5 Å². The van der Waals surface area contributed by atoms with E-state index in [2.05, 4.69) is 4.98 Å². The molecular formula is C14H16N2O2. The van der Waals surface area contributed by atoms with Crippen molar-refractivity contribution in [2.45, 2.75) is 18.9 Å². The number of aromatic nitrogens is 1. The van der Waals surface area contributed by atoms with Gasteiger partial charge in [0.15, 0.2) is 0 Å². The topological polar surface area (TPSA) is 56.3 Å². The van der Waals surface area contributed by atoms with E-state index in [9.17, 15) is 9.90 Å². The van der Waals surface area contributed by atoms with E-state index < -0.39 is 0 Å². The molecule has 0 unspecified atom stereocenters. The fourth-order valence-corrected chi connectivity index (χ4v) is 2.50. The van der Waals surface area contributed by atoms with Gasteiger partial charge in [-0.1, -0.05) is 12.1 Å². The molecule has 18 heavy (non-hydrogen) atoms. The van der Waals surface area contributed by atoms with Gasteiger partial charge in [0.05, 0.1) is 17.2 Å². The minimum Gasteiger partial charge on any atom is -0.393 e. The second kappa shape index (κ2) is 4.46. The number of hydrogen-bond acceptors (Lipinski definition) is 2. The van der Waals surface area contributed by atoms with Gasteiger partial charge in [-0.15, -0.1) is 0 Å². The number of benzene rings is 1. The highest BCUT2D eigenvalue weighted by molar-refractivity contribution is 6.05. The van der Waals surface area contributed by atoms with Gasteiger partial charge in [-0.3, -0.25) is 4.79 Å². The highest BCUT2D eigenvalue weighted by Gasteiger charge is 2.23. The Labute approximate surface area is 105 Å². The third-order valence-electron chi connectivity index (χ3n) is 3.57. The van der Waals surface area contributed by atoms with Gasteiger partial charge < -0.3 is 15.0 Å². The van der Waals surface area contributed by atoms with E-state index >= 15 is 0 Å². The Bertz CT molecular complexity index is 568. The summed E-state index contributed by atoms with van der Waals surface area (Å²) in [5.41, 5.74) is 1.61. The van der Waals surface area contributed by atoms with E-state index in [4.69, 9.17) is 0 Å². The first-order valence-corrected chi connectivity index (χ1v) is 6.29. The minimum absolute atomic E-state index is 0.0509. The number of aliphatic hydroxyl groups is 1. The van der Waals surface area contributed by atoms with Crippen LogP contribution in [0.4, 0.5) is 0 Å². The molecule has 1 amide bonds. The zero-order chi connectivity index (χ0) is 12.5. The third kappa shape index (κ3) is 1.88. The number of aromatic amines is 1. The van der Waals surface area contributed by atoms with Crippen molar-refractivity contribution in [1.29, 1.82) is 0 Å². The predicted molar refractivity (Wildman–Crippen MR) is 69.4 cm³/mol. The van der Waals surface area contributed by atoms with E-state index in [1.807, 2.05) is 35.4 Å². The van der Waals surface area contributed by atoms with Crippen LogP contribution in [0.15, 0.2) is 30.5 Å². The van der Waals surface area contributed by atoms with Crippen molar-refractivity contribution in [1.82, 2.24) is 9.88 Å². The van der Waals surface area contributed by atoms with Gasteiger partial charge in [0.25, 0.3) is 5.91 Å². The third-order valence-corrected chi connectivity index (χ3v) is 3.57. The highest BCUT2D eigenvalue weighted by Crippen LogP contribution is 2.20. The summed E-state index contributed by atoms with van der Waals surface area (Å²) in [6, 6.07) is 7.71. The first kappa shape index (κ1) is 11.3. The zero-order valence-corrected chi connectivity index (χ0v) is 10.1. The van der Waals surface area contributed by atoms with Crippen LogP contribution in [0.5, 0.6) is 0 Å². The van der Waals surface area contributed by atoms with E-state index in [-0.39, 0.29) is 12.0 Å². The lowest BCUT2D eigenvalue weighted by atomic mass is 10.1. The number of nitrogens with zero attached hydrogens (tertiary/aromatic N) is 1. The summed E-state index contributed by atoms with van der Waals surface area (Å²) in [6.07, 6.45) is 2.94. The summed E-state index contributed by atoms with van der Waals surface area (Å²) < 4.78 is 0. The van der Waals surface area contributed by atoms with Crippen LogP contribution >= 0.6 is 0 Å². The Morgan fingerprint density at radius 2 is 2.06 bits per heavy atom. The predicted octanol–water partition coefficient (Wildman–Crippen LogP) is 1.76. The number of amides is 1. The highest BCUT2D eigenvalue weighted by atomic mass is 16.3. The molecule has 2 heterocycles. The summed E-state index contributed by atoms with van der Waals surface area (Å²) in [6.45, 7) is 1.27. The number of H-pyrrole nitrogens is 1. The number of hydrogen-bond donors (Lipinski definition) is 2. The van der Waals surface area contributed by atoms with E-state index in [0.717, 1.165) is 10.9 Å². The number of nitrogens with one attached hydrogen (secondary N) is 1. The molecule has 0 aliphatic carbocycles. The summed E-state index contributed by atoms with van der Waals surface area (Å²) >= 11 is 0. The molecule has 4 nitrogen and oxygen atoms in total. The Hall–Kier alpha value is -1.81. The number of rotatable bonds is 1. The number of carbonyl (C=O) groups is 1. The maximum atomic E-state index is 12.4. The van der Waals surface area contributed by atoms with Crippen LogP contribution in [0.3, 0.4) is 0 Å². The molecule has 0 spiro atoms. The van der Waals surface area contributed by atoms with Gasteiger partial charge >= 0.3 is 0 Å². The van der Waals surface area contributed by atoms with Crippen molar-refractivity contribution >= 4 is 16.8 Å². The molecule has 94 valence electrons. The van der Waals surface area contributed by atoms with E-state index in [1.54, 1.807) is 0 Å². The molecule has 1 aliphatic rings. The first-order chi connectivity index (χ1) is 8.75. The lowest BCUT2D eigenvalue weighted by Gasteiger charge is -2.29. The largest absolute Gasteiger partial charge is 0.393 e. The fourth-order valence-electron chi connectivity index (χ4n) is 2.50. The molecule has 1 aromatic heterocycles. The summed E-state index contributed by atoms with van der Waals surface area (Å²) in [4.78, 5) is 17.4. The first-order valence-electron chi connectivity index (χ1n) is 6.29. The molecule has 0 radical (unpaired) electrons. The average molecular weight is 244 g/mol. The molecular weight excluding hydrogens is 228 g/mol. The standard InChI is InChI=1S/C14H16N2O2/c17-11-5-8-16(9-6-11)14(18)12-3-1-2-10-4-7-15-13(10)12/h1-4,7,11,15,17H,5-6,8-9H2. The molecule has 0 atom stereocenters. The number of piperidine rings is 1. The summed E-state index contributed by atoms with van der Waals surface area (Å²) in [5.74, 6) is 0.0509. The van der Waals surface area contributed by atoms with Crippen molar-refractivity contribution in [3.05, 3.63) is 36.0 Å². The minimum atomic E-state index is -0.254. The SMILES string of the molecule is O=C(c1cccc2cc[nH]c12)N1CCC(O)CC1. The van der Waals surface area contributed by atoms with E-state index in [1.165, 1.54) is 0 Å². The number of carbonyl (C=O) groups excluding carboxylic acids is 1.